The van der Waals surface area contributed by atoms with Crippen LogP contribution in [0.5, 0.6) is 0 Å². The maximum atomic E-state index is 10.9. The van der Waals surface area contributed by atoms with Crippen molar-refractivity contribution in [1.29, 1.82) is 0 Å². The first-order chi connectivity index (χ1) is 6.13. The molecule has 1 amide bonds. The lowest BCUT2D eigenvalue weighted by Crippen LogP contribution is -2.11. The van der Waals surface area contributed by atoms with Crippen molar-refractivity contribution < 1.29 is 9.32 Å². The average Bonchev–Trinajstić information content (AvgIpc) is 2.52. The van der Waals surface area contributed by atoms with E-state index < -0.39 is 0 Å². The molecule has 0 aromatic carbocycles. The second kappa shape index (κ2) is 4.41. The topological polar surface area (TPSA) is 55.1 Å². The van der Waals surface area contributed by atoms with Crippen molar-refractivity contribution in [1.82, 2.24) is 5.16 Å². The van der Waals surface area contributed by atoms with Gasteiger partial charge in [-0.2, -0.15) is 0 Å². The Hall–Kier alpha value is -0.840. The molecule has 0 bridgehead atoms. The molecule has 1 aromatic heterocycles. The van der Waals surface area contributed by atoms with Crippen LogP contribution in [-0.4, -0.2) is 16.4 Å². The number of hydrogen-bond donors (Lipinski definition) is 1. The van der Waals surface area contributed by atoms with Crippen LogP contribution < -0.4 is 5.32 Å². The number of carbonyl (C=O) groups excluding carboxylic acids is 1. The number of anilines is 1. The molecule has 0 aliphatic heterocycles. The molecule has 4 nitrogen and oxygen atoms in total. The van der Waals surface area contributed by atoms with Crippen LogP contribution in [-0.2, 0) is 4.79 Å². The fraction of sp³-hybridized carbons (Fsp3) is 0.500. The number of nitrogens with zero attached hydrogens (tertiary/aromatic N) is 1. The molecule has 0 aliphatic rings. The van der Waals surface area contributed by atoms with Gasteiger partial charge in [0.05, 0.1) is 11.0 Å². The van der Waals surface area contributed by atoms with Gasteiger partial charge in [-0.05, 0) is 5.92 Å². The van der Waals surface area contributed by atoms with Crippen LogP contribution in [0, 0.1) is 0 Å². The Labute approximate surface area is 84.8 Å². The molecule has 1 rings (SSSR count). The summed E-state index contributed by atoms with van der Waals surface area (Å²) in [6, 6.07) is 1.73. The zero-order chi connectivity index (χ0) is 9.84. The largest absolute Gasteiger partial charge is 0.338 e. The summed E-state index contributed by atoms with van der Waals surface area (Å²) in [6.07, 6.45) is 0. The molecule has 0 fully saturated rings. The van der Waals surface area contributed by atoms with E-state index in [9.17, 15) is 4.79 Å². The third-order valence-corrected chi connectivity index (χ3v) is 2.01. The van der Waals surface area contributed by atoms with Crippen molar-refractivity contribution in [2.24, 2.45) is 0 Å². The zero-order valence-electron chi connectivity index (χ0n) is 7.50. The lowest BCUT2D eigenvalue weighted by atomic mass is 10.1. The summed E-state index contributed by atoms with van der Waals surface area (Å²) in [5, 5.41) is 6.60. The van der Waals surface area contributed by atoms with Crippen molar-refractivity contribution in [3.8, 4) is 0 Å². The quantitative estimate of drug-likeness (QED) is 0.832. The van der Waals surface area contributed by atoms with Crippen molar-refractivity contribution >= 4 is 27.7 Å². The molecular weight excluding hydrogens is 236 g/mol. The number of hydrogen-bond acceptors (Lipinski definition) is 3. The highest BCUT2D eigenvalue weighted by Gasteiger charge is 2.08. The van der Waals surface area contributed by atoms with Crippen LogP contribution in [0.1, 0.15) is 25.5 Å². The second-order valence-corrected chi connectivity index (χ2v) is 3.51. The van der Waals surface area contributed by atoms with E-state index in [2.05, 4.69) is 26.4 Å². The molecule has 1 N–H and O–H groups in total. The molecule has 0 spiro atoms. The minimum absolute atomic E-state index is 0.147. The highest BCUT2D eigenvalue weighted by atomic mass is 79.9. The zero-order valence-corrected chi connectivity index (χ0v) is 9.09. The van der Waals surface area contributed by atoms with Crippen molar-refractivity contribution in [3.05, 3.63) is 11.8 Å². The van der Waals surface area contributed by atoms with Crippen LogP contribution in [0.2, 0.25) is 0 Å². The van der Waals surface area contributed by atoms with Crippen LogP contribution in [0.4, 0.5) is 5.88 Å². The fourth-order valence-electron chi connectivity index (χ4n) is 0.791. The van der Waals surface area contributed by atoms with E-state index >= 15 is 0 Å². The monoisotopic (exact) mass is 246 g/mol. The van der Waals surface area contributed by atoms with Gasteiger partial charge < -0.3 is 4.52 Å². The van der Waals surface area contributed by atoms with Crippen molar-refractivity contribution in [2.75, 3.05) is 10.6 Å². The number of alkyl halides is 1. The lowest BCUT2D eigenvalue weighted by Gasteiger charge is -1.95. The first-order valence-electron chi connectivity index (χ1n) is 3.96. The van der Waals surface area contributed by atoms with Crippen LogP contribution >= 0.6 is 15.9 Å². The van der Waals surface area contributed by atoms with E-state index in [1.807, 2.05) is 13.8 Å². The number of halogens is 1. The molecule has 0 radical (unpaired) electrons. The van der Waals surface area contributed by atoms with Gasteiger partial charge in [0.15, 0.2) is 0 Å². The van der Waals surface area contributed by atoms with Crippen molar-refractivity contribution in [3.63, 3.8) is 0 Å². The lowest BCUT2D eigenvalue weighted by molar-refractivity contribution is -0.113. The minimum Gasteiger partial charge on any atom is -0.338 e. The summed E-state index contributed by atoms with van der Waals surface area (Å²) in [4.78, 5) is 10.9. The Balaban J connectivity index is 2.64. The molecule has 0 unspecified atom stereocenters. The van der Waals surface area contributed by atoms with Gasteiger partial charge in [-0.3, -0.25) is 10.1 Å². The number of amides is 1. The maximum Gasteiger partial charge on any atom is 0.237 e. The Morgan fingerprint density at radius 1 is 1.77 bits per heavy atom. The predicted octanol–water partition coefficient (Wildman–Crippen LogP) is 2.13. The molecule has 5 heteroatoms. The molecule has 1 aromatic rings. The highest BCUT2D eigenvalue weighted by molar-refractivity contribution is 9.09. The number of rotatable bonds is 3. The SMILES string of the molecule is CC(C)c1cc(NC(=O)CBr)on1. The molecule has 0 saturated heterocycles. The molecule has 72 valence electrons. The van der Waals surface area contributed by atoms with Gasteiger partial charge >= 0.3 is 0 Å². The molecule has 0 atom stereocenters. The van der Waals surface area contributed by atoms with Gasteiger partial charge in [-0.1, -0.05) is 34.9 Å². The summed E-state index contributed by atoms with van der Waals surface area (Å²) in [6.45, 7) is 4.02. The van der Waals surface area contributed by atoms with Crippen molar-refractivity contribution in [2.45, 2.75) is 19.8 Å². The van der Waals surface area contributed by atoms with Gasteiger partial charge in [-0.15, -0.1) is 0 Å². The average molecular weight is 247 g/mol. The first-order valence-corrected chi connectivity index (χ1v) is 5.08. The van der Waals surface area contributed by atoms with E-state index in [0.29, 0.717) is 11.8 Å². The Morgan fingerprint density at radius 2 is 2.46 bits per heavy atom. The normalized spacial score (nSPS) is 10.5. The molecule has 1 heterocycles. The van der Waals surface area contributed by atoms with Gasteiger partial charge in [0.2, 0.25) is 11.8 Å². The highest BCUT2D eigenvalue weighted by Crippen LogP contribution is 2.17. The summed E-state index contributed by atoms with van der Waals surface area (Å²) in [5.74, 6) is 0.554. The first kappa shape index (κ1) is 10.2. The smallest absolute Gasteiger partial charge is 0.237 e. The number of carbonyl (C=O) groups is 1. The molecule has 0 aliphatic carbocycles. The minimum atomic E-state index is -0.147. The van der Waals surface area contributed by atoms with Crippen LogP contribution in [0.3, 0.4) is 0 Å². The number of aromatic nitrogens is 1. The fourth-order valence-corrected chi connectivity index (χ4v) is 0.931. The molecule has 13 heavy (non-hydrogen) atoms. The van der Waals surface area contributed by atoms with E-state index in [1.54, 1.807) is 6.07 Å². The van der Waals surface area contributed by atoms with E-state index in [0.717, 1.165) is 5.69 Å². The van der Waals surface area contributed by atoms with Gasteiger partial charge in [0.25, 0.3) is 0 Å². The Kier molecular flexibility index (Phi) is 3.48. The van der Waals surface area contributed by atoms with E-state index in [1.165, 1.54) is 0 Å². The summed E-state index contributed by atoms with van der Waals surface area (Å²) < 4.78 is 4.90. The maximum absolute atomic E-state index is 10.9. The molecule has 0 saturated carbocycles. The molecular formula is C8H11BrN2O2. The Morgan fingerprint density at radius 3 is 2.92 bits per heavy atom. The standard InChI is InChI=1S/C8H11BrN2O2/c1-5(2)6-3-8(13-11-6)10-7(12)4-9/h3,5H,4H2,1-2H3,(H,10,12). The van der Waals surface area contributed by atoms with Gasteiger partial charge in [0.1, 0.15) is 0 Å². The third kappa shape index (κ3) is 2.84. The summed E-state index contributed by atoms with van der Waals surface area (Å²) in [5.41, 5.74) is 0.838. The predicted molar refractivity (Wildman–Crippen MR) is 53.0 cm³/mol. The summed E-state index contributed by atoms with van der Waals surface area (Å²) >= 11 is 3.03. The second-order valence-electron chi connectivity index (χ2n) is 2.95. The third-order valence-electron chi connectivity index (χ3n) is 1.50. The Bertz CT molecular complexity index is 296. The van der Waals surface area contributed by atoms with Crippen LogP contribution in [0.25, 0.3) is 0 Å². The van der Waals surface area contributed by atoms with Gasteiger partial charge in [0, 0.05) is 6.07 Å². The van der Waals surface area contributed by atoms with E-state index in [4.69, 9.17) is 4.52 Å². The van der Waals surface area contributed by atoms with E-state index in [-0.39, 0.29) is 11.2 Å². The van der Waals surface area contributed by atoms with Gasteiger partial charge in [-0.25, -0.2) is 0 Å². The summed E-state index contributed by atoms with van der Waals surface area (Å²) in [7, 11) is 0. The number of nitrogens with one attached hydrogen (secondary N) is 1. The van der Waals surface area contributed by atoms with Crippen LogP contribution in [0.15, 0.2) is 10.6 Å².